The van der Waals surface area contributed by atoms with Gasteiger partial charge in [0.25, 0.3) is 0 Å². The second-order valence-corrected chi connectivity index (χ2v) is 10.1. The molecular formula is C25H25F2NOS2. The molecule has 3 aromatic rings. The Hall–Kier alpha value is -1.86. The highest BCUT2D eigenvalue weighted by molar-refractivity contribution is 8.17. The Morgan fingerprint density at radius 3 is 1.90 bits per heavy atom. The van der Waals surface area contributed by atoms with Gasteiger partial charge >= 0.3 is 0 Å². The highest BCUT2D eigenvalue weighted by Gasteiger charge is 2.21. The quantitative estimate of drug-likeness (QED) is 0.374. The van der Waals surface area contributed by atoms with E-state index in [-0.39, 0.29) is 17.7 Å². The van der Waals surface area contributed by atoms with Gasteiger partial charge in [0, 0.05) is 24.9 Å². The van der Waals surface area contributed by atoms with Gasteiger partial charge in [-0.15, -0.1) is 23.5 Å². The summed E-state index contributed by atoms with van der Waals surface area (Å²) in [5.74, 6) is 1.45. The third-order valence-corrected chi connectivity index (χ3v) is 8.18. The van der Waals surface area contributed by atoms with Crippen LogP contribution in [-0.4, -0.2) is 27.8 Å². The Bertz CT molecular complexity index is 885. The molecule has 0 unspecified atom stereocenters. The summed E-state index contributed by atoms with van der Waals surface area (Å²) in [6.07, 6.45) is 0.585. The summed E-state index contributed by atoms with van der Waals surface area (Å²) in [4.78, 5) is 2.45. The predicted octanol–water partition coefficient (Wildman–Crippen LogP) is 6.68. The summed E-state index contributed by atoms with van der Waals surface area (Å²) >= 11 is 3.89. The van der Waals surface area contributed by atoms with Gasteiger partial charge < -0.3 is 4.74 Å². The van der Waals surface area contributed by atoms with E-state index in [1.165, 1.54) is 29.8 Å². The fraction of sp³-hybridized carbons (Fsp3) is 0.280. The number of benzene rings is 3. The van der Waals surface area contributed by atoms with Crippen molar-refractivity contribution in [3.05, 3.63) is 107 Å². The molecule has 2 nitrogen and oxygen atoms in total. The third-order valence-electron chi connectivity index (χ3n) is 5.12. The van der Waals surface area contributed by atoms with Gasteiger partial charge in [-0.25, -0.2) is 8.78 Å². The Kier molecular flexibility index (Phi) is 8.03. The van der Waals surface area contributed by atoms with Crippen LogP contribution in [0.5, 0.6) is 0 Å². The Morgan fingerprint density at radius 1 is 0.806 bits per heavy atom. The van der Waals surface area contributed by atoms with Crippen LogP contribution in [0, 0.1) is 11.6 Å². The van der Waals surface area contributed by atoms with Crippen LogP contribution in [0.2, 0.25) is 0 Å². The van der Waals surface area contributed by atoms with Crippen molar-refractivity contribution in [1.29, 1.82) is 0 Å². The van der Waals surface area contributed by atoms with Crippen molar-refractivity contribution in [3.8, 4) is 0 Å². The Balaban J connectivity index is 1.30. The van der Waals surface area contributed by atoms with E-state index >= 15 is 0 Å². The van der Waals surface area contributed by atoms with Crippen molar-refractivity contribution < 1.29 is 13.5 Å². The molecule has 0 N–H and O–H groups in total. The molecule has 0 bridgehead atoms. The molecule has 4 rings (SSSR count). The largest absolute Gasteiger partial charge is 0.369 e. The molecule has 3 aromatic carbocycles. The lowest BCUT2D eigenvalue weighted by atomic mass is 10.0. The summed E-state index contributed by atoms with van der Waals surface area (Å²) in [5, 5.41) is 0. The predicted molar refractivity (Wildman–Crippen MR) is 126 cm³/mol. The van der Waals surface area contributed by atoms with Crippen molar-refractivity contribution in [2.24, 2.45) is 0 Å². The molecule has 1 aliphatic heterocycles. The number of rotatable bonds is 8. The molecule has 1 aliphatic rings. The van der Waals surface area contributed by atoms with Gasteiger partial charge in [-0.2, -0.15) is 0 Å². The topological polar surface area (TPSA) is 12.5 Å². The zero-order valence-electron chi connectivity index (χ0n) is 17.1. The summed E-state index contributed by atoms with van der Waals surface area (Å²) < 4.78 is 33.5. The zero-order valence-corrected chi connectivity index (χ0v) is 18.8. The van der Waals surface area contributed by atoms with Crippen molar-refractivity contribution in [1.82, 2.24) is 4.90 Å². The fourth-order valence-corrected chi connectivity index (χ4v) is 6.01. The molecular weight excluding hydrogens is 432 g/mol. The van der Waals surface area contributed by atoms with Crippen LogP contribution in [0.15, 0.2) is 78.9 Å². The van der Waals surface area contributed by atoms with Gasteiger partial charge in [0.2, 0.25) is 0 Å². The average Bonchev–Trinajstić information content (AvgIpc) is 2.80. The Labute approximate surface area is 191 Å². The highest BCUT2D eigenvalue weighted by atomic mass is 32.2. The van der Waals surface area contributed by atoms with Crippen LogP contribution >= 0.6 is 23.5 Å². The lowest BCUT2D eigenvalue weighted by Crippen LogP contribution is -2.29. The number of hydrogen-bond acceptors (Lipinski definition) is 4. The van der Waals surface area contributed by atoms with E-state index in [1.54, 1.807) is 24.3 Å². The van der Waals surface area contributed by atoms with Gasteiger partial charge in [-0.3, -0.25) is 4.90 Å². The number of halogens is 2. The van der Waals surface area contributed by atoms with E-state index in [1.807, 2.05) is 29.6 Å². The summed E-state index contributed by atoms with van der Waals surface area (Å²) in [7, 11) is 0. The van der Waals surface area contributed by atoms with E-state index in [2.05, 4.69) is 29.2 Å². The number of hydrogen-bond donors (Lipinski definition) is 0. The smallest absolute Gasteiger partial charge is 0.123 e. The monoisotopic (exact) mass is 457 g/mol. The maximum Gasteiger partial charge on any atom is 0.123 e. The molecule has 0 saturated carbocycles. The van der Waals surface area contributed by atoms with Gasteiger partial charge in [-0.1, -0.05) is 54.6 Å². The normalized spacial score (nSPS) is 15.5. The minimum atomic E-state index is -0.339. The standard InChI is InChI=1S/C25H25F2NOS2/c26-22-10-6-20(7-11-22)25(21-8-12-23(27)13-9-21)29-15-14-24-30-17-28(18-31-24)16-19-4-2-1-3-5-19/h1-13,24-25H,14-18H2. The van der Waals surface area contributed by atoms with E-state index < -0.39 is 0 Å². The molecule has 1 heterocycles. The second kappa shape index (κ2) is 11.1. The molecule has 1 saturated heterocycles. The average molecular weight is 458 g/mol. The summed E-state index contributed by atoms with van der Waals surface area (Å²) in [6.45, 7) is 1.56. The molecule has 162 valence electrons. The van der Waals surface area contributed by atoms with Crippen LogP contribution in [0.4, 0.5) is 8.78 Å². The molecule has 0 aromatic heterocycles. The molecule has 6 heteroatoms. The molecule has 0 amide bonds. The van der Waals surface area contributed by atoms with Gasteiger partial charge in [-0.05, 0) is 47.4 Å². The summed E-state index contributed by atoms with van der Waals surface area (Å²) in [6, 6.07) is 23.2. The van der Waals surface area contributed by atoms with Crippen LogP contribution < -0.4 is 0 Å². The first-order valence-electron chi connectivity index (χ1n) is 10.3. The lowest BCUT2D eigenvalue weighted by molar-refractivity contribution is 0.0801. The minimum Gasteiger partial charge on any atom is -0.369 e. The van der Waals surface area contributed by atoms with Crippen molar-refractivity contribution >= 4 is 23.5 Å². The van der Waals surface area contributed by atoms with Crippen LogP contribution in [-0.2, 0) is 11.3 Å². The number of thioether (sulfide) groups is 2. The van der Waals surface area contributed by atoms with E-state index in [0.717, 1.165) is 35.8 Å². The maximum absolute atomic E-state index is 13.4. The molecule has 0 aliphatic carbocycles. The Morgan fingerprint density at radius 2 is 1.35 bits per heavy atom. The molecule has 0 radical (unpaired) electrons. The van der Waals surface area contributed by atoms with Crippen molar-refractivity contribution in [2.45, 2.75) is 23.7 Å². The SMILES string of the molecule is Fc1ccc(C(OCCC2SCN(Cc3ccccc3)CS2)c2ccc(F)cc2)cc1. The number of nitrogens with zero attached hydrogens (tertiary/aromatic N) is 1. The summed E-state index contributed by atoms with van der Waals surface area (Å²) in [5.41, 5.74) is 3.07. The molecule has 31 heavy (non-hydrogen) atoms. The molecule has 0 atom stereocenters. The lowest BCUT2D eigenvalue weighted by Gasteiger charge is -2.31. The zero-order chi connectivity index (χ0) is 21.5. The molecule has 0 spiro atoms. The fourth-order valence-electron chi connectivity index (χ4n) is 3.50. The first-order valence-corrected chi connectivity index (χ1v) is 12.4. The first-order chi connectivity index (χ1) is 15.2. The van der Waals surface area contributed by atoms with Crippen LogP contribution in [0.25, 0.3) is 0 Å². The van der Waals surface area contributed by atoms with E-state index in [4.69, 9.17) is 4.74 Å². The van der Waals surface area contributed by atoms with Gasteiger partial charge in [0.15, 0.2) is 0 Å². The maximum atomic E-state index is 13.4. The highest BCUT2D eigenvalue weighted by Crippen LogP contribution is 2.35. The third kappa shape index (κ3) is 6.56. The second-order valence-electron chi connectivity index (χ2n) is 7.48. The van der Waals surface area contributed by atoms with E-state index in [9.17, 15) is 8.78 Å². The molecule has 1 fully saturated rings. The van der Waals surface area contributed by atoms with Gasteiger partial charge in [0.05, 0.1) is 4.58 Å². The van der Waals surface area contributed by atoms with Crippen LogP contribution in [0.3, 0.4) is 0 Å². The van der Waals surface area contributed by atoms with Gasteiger partial charge in [0.1, 0.15) is 17.7 Å². The van der Waals surface area contributed by atoms with Crippen molar-refractivity contribution in [2.75, 3.05) is 18.4 Å². The van der Waals surface area contributed by atoms with E-state index in [0.29, 0.717) is 11.2 Å². The first kappa shape index (κ1) is 22.3. The minimum absolute atomic E-state index is 0.281. The van der Waals surface area contributed by atoms with Crippen molar-refractivity contribution in [3.63, 3.8) is 0 Å². The van der Waals surface area contributed by atoms with Crippen LogP contribution in [0.1, 0.15) is 29.2 Å². The number of ether oxygens (including phenoxy) is 1.